The molecule has 0 bridgehead atoms. The summed E-state index contributed by atoms with van der Waals surface area (Å²) in [6.07, 6.45) is -0.0531. The van der Waals surface area contributed by atoms with Crippen LogP contribution in [-0.2, 0) is 44.4 Å². The van der Waals surface area contributed by atoms with Gasteiger partial charge in [-0.2, -0.15) is 9.82 Å². The molecule has 13 nitrogen and oxygen atoms in total. The average Bonchev–Trinajstić information content (AvgIpc) is 3.30. The third-order valence-corrected chi connectivity index (χ3v) is 8.40. The molecule has 1 amide bonds. The van der Waals surface area contributed by atoms with Gasteiger partial charge in [-0.05, 0) is 50.6 Å². The van der Waals surface area contributed by atoms with Crippen LogP contribution >= 0.6 is 0 Å². The molecule has 1 aromatic heterocycles. The van der Waals surface area contributed by atoms with Crippen molar-refractivity contribution in [3.63, 3.8) is 0 Å². The lowest BCUT2D eigenvalue weighted by atomic mass is 10.1. The number of methoxy groups -OCH3 is 2. The van der Waals surface area contributed by atoms with Crippen molar-refractivity contribution in [2.75, 3.05) is 27.4 Å². The van der Waals surface area contributed by atoms with Gasteiger partial charge in [0.2, 0.25) is 15.9 Å². The summed E-state index contributed by atoms with van der Waals surface area (Å²) in [5.74, 6) is -0.0872. The lowest BCUT2D eigenvalue weighted by Gasteiger charge is -2.30. The average molecular weight is 627 g/mol. The summed E-state index contributed by atoms with van der Waals surface area (Å²) in [5.41, 5.74) is 3.93. The number of nitrogens with zero attached hydrogens (tertiary/aromatic N) is 4. The molecule has 2 N–H and O–H groups in total. The highest BCUT2D eigenvalue weighted by Crippen LogP contribution is 2.34. The van der Waals surface area contributed by atoms with Crippen LogP contribution < -0.4 is 19.5 Å². The van der Waals surface area contributed by atoms with Crippen LogP contribution in [-0.4, -0.2) is 74.3 Å². The van der Waals surface area contributed by atoms with Gasteiger partial charge in [0.15, 0.2) is 17.7 Å². The molecular weight excluding hydrogens is 588 g/mol. The zero-order valence-corrected chi connectivity index (χ0v) is 26.5. The number of aryl methyl sites for hydroxylation is 3. The number of sulfonamides is 1. The van der Waals surface area contributed by atoms with Gasteiger partial charge >= 0.3 is 5.97 Å². The molecule has 4 rings (SSSR count). The Kier molecular flexibility index (Phi) is 10.3. The van der Waals surface area contributed by atoms with Crippen molar-refractivity contribution in [1.29, 1.82) is 0 Å². The van der Waals surface area contributed by atoms with E-state index in [0.29, 0.717) is 22.9 Å². The summed E-state index contributed by atoms with van der Waals surface area (Å²) >= 11 is 0. The number of aliphatic imine (C=N–C) groups is 1. The number of ether oxygens (including phenoxy) is 3. The number of aromatic nitrogens is 2. The Morgan fingerprint density at radius 2 is 1.75 bits per heavy atom. The van der Waals surface area contributed by atoms with Crippen LogP contribution in [0.25, 0.3) is 0 Å². The summed E-state index contributed by atoms with van der Waals surface area (Å²) < 4.78 is 46.1. The Hall–Kier alpha value is -4.43. The van der Waals surface area contributed by atoms with Crippen molar-refractivity contribution >= 4 is 33.4 Å². The van der Waals surface area contributed by atoms with E-state index in [1.165, 1.54) is 26.4 Å². The third-order valence-electron chi connectivity index (χ3n) is 6.96. The van der Waals surface area contributed by atoms with Gasteiger partial charge in [0.25, 0.3) is 0 Å². The van der Waals surface area contributed by atoms with E-state index in [9.17, 15) is 18.0 Å². The van der Waals surface area contributed by atoms with E-state index in [1.807, 2.05) is 20.0 Å². The van der Waals surface area contributed by atoms with Crippen molar-refractivity contribution in [2.24, 2.45) is 12.0 Å². The second-order valence-electron chi connectivity index (χ2n) is 10.2. The molecule has 0 saturated carbocycles. The van der Waals surface area contributed by atoms with Crippen LogP contribution in [0.2, 0.25) is 0 Å². The standard InChI is InChI=1S/C30H38N6O7S/c1-7-9-22-27-23(35(4)33-22)17-36(29(32-27)20-12-15-24(41-5)25(16-20)42-6)18-26(37)31-28(30(38)43-8-2)34-44(39,40)21-13-10-19(3)11-14-21/h10-16,28,34H,7-9,17-18H2,1-6H3,(H,31,37)/t28-/m0/s1. The lowest BCUT2D eigenvalue weighted by molar-refractivity contribution is -0.147. The van der Waals surface area contributed by atoms with Crippen LogP contribution in [0.4, 0.5) is 5.69 Å². The Balaban J connectivity index is 1.65. The Morgan fingerprint density at radius 3 is 2.39 bits per heavy atom. The summed E-state index contributed by atoms with van der Waals surface area (Å²) in [6.45, 7) is 5.48. The smallest absolute Gasteiger partial charge is 0.344 e. The maximum absolute atomic E-state index is 13.5. The molecule has 1 aliphatic rings. The second-order valence-corrected chi connectivity index (χ2v) is 11.9. The van der Waals surface area contributed by atoms with Gasteiger partial charge in [-0.1, -0.05) is 31.0 Å². The maximum atomic E-state index is 13.5. The molecule has 0 unspecified atom stereocenters. The summed E-state index contributed by atoms with van der Waals surface area (Å²) in [6, 6.07) is 11.4. The zero-order valence-electron chi connectivity index (χ0n) is 25.7. The molecule has 14 heteroatoms. The van der Waals surface area contributed by atoms with Crippen molar-refractivity contribution in [2.45, 2.75) is 51.2 Å². The molecule has 0 radical (unpaired) electrons. The number of carbonyl (C=O) groups excluding carboxylic acids is 2. The molecule has 0 saturated heterocycles. The van der Waals surface area contributed by atoms with Crippen LogP contribution in [0.5, 0.6) is 11.5 Å². The minimum absolute atomic E-state index is 0.0109. The number of amidine groups is 1. The third kappa shape index (κ3) is 7.19. The zero-order chi connectivity index (χ0) is 32.0. The highest BCUT2D eigenvalue weighted by atomic mass is 32.2. The molecule has 2 aromatic carbocycles. The summed E-state index contributed by atoms with van der Waals surface area (Å²) in [7, 11) is 0.717. The van der Waals surface area contributed by atoms with Crippen LogP contribution in [0.1, 0.15) is 42.8 Å². The van der Waals surface area contributed by atoms with E-state index in [1.54, 1.807) is 40.8 Å². The minimum Gasteiger partial charge on any atom is -0.493 e. The Labute approximate surface area is 257 Å². The highest BCUT2D eigenvalue weighted by molar-refractivity contribution is 7.89. The number of nitrogens with one attached hydrogen (secondary N) is 2. The van der Waals surface area contributed by atoms with Gasteiger partial charge in [-0.25, -0.2) is 18.2 Å². The van der Waals surface area contributed by atoms with Crippen molar-refractivity contribution in [3.05, 3.63) is 65.0 Å². The van der Waals surface area contributed by atoms with Crippen LogP contribution in [0, 0.1) is 6.92 Å². The van der Waals surface area contributed by atoms with E-state index in [-0.39, 0.29) is 24.6 Å². The minimum atomic E-state index is -4.17. The van der Waals surface area contributed by atoms with E-state index >= 15 is 0 Å². The predicted octanol–water partition coefficient (Wildman–Crippen LogP) is 2.58. The number of rotatable bonds is 13. The Morgan fingerprint density at radius 1 is 1.05 bits per heavy atom. The molecule has 1 aliphatic heterocycles. The van der Waals surface area contributed by atoms with E-state index in [0.717, 1.165) is 35.5 Å². The monoisotopic (exact) mass is 626 g/mol. The van der Waals surface area contributed by atoms with Gasteiger partial charge < -0.3 is 24.4 Å². The fourth-order valence-electron chi connectivity index (χ4n) is 4.79. The predicted molar refractivity (Wildman–Crippen MR) is 163 cm³/mol. The molecule has 236 valence electrons. The van der Waals surface area contributed by atoms with Crippen LogP contribution in [0.3, 0.4) is 0 Å². The van der Waals surface area contributed by atoms with Crippen molar-refractivity contribution in [1.82, 2.24) is 24.7 Å². The first kappa shape index (κ1) is 32.5. The first-order valence-electron chi connectivity index (χ1n) is 14.2. The first-order chi connectivity index (χ1) is 21.0. The SMILES string of the molecule is CCCc1nn(C)c2c1N=C(c1ccc(OC)c(OC)c1)N(CC(=O)N[C@@H](NS(=O)(=O)c1ccc(C)cc1)C(=O)OCC)C2. The number of fused-ring (bicyclic) bond motifs is 1. The topological polar surface area (TPSA) is 153 Å². The highest BCUT2D eigenvalue weighted by Gasteiger charge is 2.32. The molecule has 3 aromatic rings. The fourth-order valence-corrected chi connectivity index (χ4v) is 5.88. The van der Waals surface area contributed by atoms with Gasteiger partial charge in [0, 0.05) is 12.6 Å². The summed E-state index contributed by atoms with van der Waals surface area (Å²) in [4.78, 5) is 32.9. The Bertz CT molecular complexity index is 1650. The number of carbonyl (C=O) groups is 2. The molecule has 0 spiro atoms. The van der Waals surface area contributed by atoms with Crippen molar-refractivity contribution < 1.29 is 32.2 Å². The van der Waals surface area contributed by atoms with E-state index in [4.69, 9.17) is 19.2 Å². The molecule has 44 heavy (non-hydrogen) atoms. The lowest BCUT2D eigenvalue weighted by Crippen LogP contribution is -2.55. The largest absolute Gasteiger partial charge is 0.493 e. The number of hydrogen-bond acceptors (Lipinski definition) is 10. The first-order valence-corrected chi connectivity index (χ1v) is 15.6. The normalized spacial score (nSPS) is 13.5. The molecule has 0 aliphatic carbocycles. The maximum Gasteiger partial charge on any atom is 0.344 e. The summed E-state index contributed by atoms with van der Waals surface area (Å²) in [5, 5.41) is 7.15. The molecular formula is C30H38N6O7S. The van der Waals surface area contributed by atoms with Crippen molar-refractivity contribution in [3.8, 4) is 11.5 Å². The van der Waals surface area contributed by atoms with Gasteiger partial charge in [0.1, 0.15) is 11.5 Å². The molecule has 0 fully saturated rings. The van der Waals surface area contributed by atoms with Gasteiger partial charge in [-0.3, -0.25) is 9.48 Å². The fraction of sp³-hybridized carbons (Fsp3) is 0.400. The molecule has 1 atom stereocenters. The number of amides is 1. The van der Waals surface area contributed by atoms with Crippen LogP contribution in [0.15, 0.2) is 52.4 Å². The van der Waals surface area contributed by atoms with Gasteiger partial charge in [-0.15, -0.1) is 0 Å². The second kappa shape index (κ2) is 13.9. The number of hydrogen-bond donors (Lipinski definition) is 2. The van der Waals surface area contributed by atoms with E-state index < -0.39 is 28.1 Å². The quantitative estimate of drug-likeness (QED) is 0.215. The number of esters is 1. The molecule has 2 heterocycles. The van der Waals surface area contributed by atoms with Gasteiger partial charge in [0.05, 0.1) is 50.2 Å². The number of benzene rings is 2. The van der Waals surface area contributed by atoms with E-state index in [2.05, 4.69) is 22.1 Å².